The fraction of sp³-hybridized carbons (Fsp3) is 0.244. The molecule has 1 heterocycles. The Morgan fingerprint density at radius 1 is 0.630 bits per heavy atom. The van der Waals surface area contributed by atoms with Gasteiger partial charge in [0.05, 0.1) is 12.5 Å². The van der Waals surface area contributed by atoms with Crippen molar-refractivity contribution in [1.82, 2.24) is 15.0 Å². The van der Waals surface area contributed by atoms with E-state index in [4.69, 9.17) is 19.7 Å². The molecule has 46 heavy (non-hydrogen) atoms. The van der Waals surface area contributed by atoms with Crippen molar-refractivity contribution in [3.63, 3.8) is 0 Å². The van der Waals surface area contributed by atoms with Crippen LogP contribution in [0.4, 0.5) is 0 Å². The van der Waals surface area contributed by atoms with Crippen LogP contribution < -0.4 is 0 Å². The molecule has 6 rings (SSSR count). The smallest absolute Gasteiger partial charge is 0.199 e. The maximum Gasteiger partial charge on any atom is 0.199 e. The zero-order chi connectivity index (χ0) is 31.8. The van der Waals surface area contributed by atoms with E-state index in [-0.39, 0.29) is 0 Å². The standard InChI is InChI=1S/C41H41N3O2/c1-3-30(4-2)14-13-29-46-41(45)28-12-11-19-37(41)40-43-38(35-24-20-33(21-25-35)31-15-7-5-8-16-31)42-39(44-40)36-26-22-34(23-27-36)32-17-9-6-10-18-32/h5-12,15-28,30,37,45H,3-4,13-14,29H2,1-2H3. The zero-order valence-electron chi connectivity index (χ0n) is 26.6. The fourth-order valence-electron chi connectivity index (χ4n) is 6.00. The highest BCUT2D eigenvalue weighted by Crippen LogP contribution is 2.36. The molecule has 5 heteroatoms. The summed E-state index contributed by atoms with van der Waals surface area (Å²) in [6, 6.07) is 37.1. The third-order valence-corrected chi connectivity index (χ3v) is 8.87. The number of hydrogen-bond acceptors (Lipinski definition) is 5. The van der Waals surface area contributed by atoms with Crippen LogP contribution in [-0.2, 0) is 4.74 Å². The van der Waals surface area contributed by atoms with E-state index in [9.17, 15) is 5.11 Å². The summed E-state index contributed by atoms with van der Waals surface area (Å²) in [6.45, 7) is 4.91. The lowest BCUT2D eigenvalue weighted by Crippen LogP contribution is -2.39. The van der Waals surface area contributed by atoms with Crippen molar-refractivity contribution < 1.29 is 9.84 Å². The minimum Gasteiger partial charge on any atom is -0.361 e. The summed E-state index contributed by atoms with van der Waals surface area (Å²) < 4.78 is 6.21. The maximum absolute atomic E-state index is 11.9. The number of aromatic nitrogens is 3. The maximum atomic E-state index is 11.9. The van der Waals surface area contributed by atoms with E-state index in [0.717, 1.165) is 59.1 Å². The van der Waals surface area contributed by atoms with E-state index in [1.54, 1.807) is 6.08 Å². The summed E-state index contributed by atoms with van der Waals surface area (Å²) in [4.78, 5) is 14.9. The molecule has 1 N–H and O–H groups in total. The van der Waals surface area contributed by atoms with E-state index in [0.29, 0.717) is 30.0 Å². The minimum atomic E-state index is -1.56. The highest BCUT2D eigenvalue weighted by Gasteiger charge is 2.39. The van der Waals surface area contributed by atoms with Crippen LogP contribution in [0.1, 0.15) is 51.3 Å². The second kappa shape index (κ2) is 14.6. The summed E-state index contributed by atoms with van der Waals surface area (Å²) in [5, 5.41) is 11.9. The van der Waals surface area contributed by atoms with Crippen molar-refractivity contribution in [2.45, 2.75) is 51.2 Å². The van der Waals surface area contributed by atoms with Gasteiger partial charge in [0, 0.05) is 11.1 Å². The Hall–Kier alpha value is -4.71. The van der Waals surface area contributed by atoms with Crippen LogP contribution >= 0.6 is 0 Å². The van der Waals surface area contributed by atoms with Gasteiger partial charge in [-0.15, -0.1) is 0 Å². The number of rotatable bonds is 12. The van der Waals surface area contributed by atoms with Gasteiger partial charge in [-0.25, -0.2) is 15.0 Å². The number of ether oxygens (including phenoxy) is 1. The molecule has 1 aliphatic rings. The van der Waals surface area contributed by atoms with Crippen molar-refractivity contribution in [2.75, 3.05) is 6.61 Å². The number of hydrogen-bond donors (Lipinski definition) is 1. The van der Waals surface area contributed by atoms with Gasteiger partial charge in [-0.2, -0.15) is 0 Å². The molecular formula is C41H41N3O2. The van der Waals surface area contributed by atoms with Gasteiger partial charge in [-0.05, 0) is 47.1 Å². The molecule has 2 atom stereocenters. The molecule has 0 fully saturated rings. The van der Waals surface area contributed by atoms with Crippen LogP contribution in [0.15, 0.2) is 133 Å². The molecule has 1 aliphatic carbocycles. The van der Waals surface area contributed by atoms with Crippen molar-refractivity contribution in [3.05, 3.63) is 139 Å². The van der Waals surface area contributed by atoms with Crippen LogP contribution in [-0.4, -0.2) is 32.5 Å². The number of benzene rings is 4. The van der Waals surface area contributed by atoms with Crippen molar-refractivity contribution >= 4 is 0 Å². The fourth-order valence-corrected chi connectivity index (χ4v) is 6.00. The van der Waals surface area contributed by atoms with Crippen LogP contribution in [0, 0.1) is 5.92 Å². The van der Waals surface area contributed by atoms with Crippen LogP contribution in [0.2, 0.25) is 0 Å². The van der Waals surface area contributed by atoms with Gasteiger partial charge in [0.15, 0.2) is 17.4 Å². The van der Waals surface area contributed by atoms with Gasteiger partial charge < -0.3 is 9.84 Å². The Morgan fingerprint density at radius 2 is 1.11 bits per heavy atom. The predicted molar refractivity (Wildman–Crippen MR) is 187 cm³/mol. The number of aliphatic hydroxyl groups is 1. The van der Waals surface area contributed by atoms with Crippen LogP contribution in [0.3, 0.4) is 0 Å². The highest BCUT2D eigenvalue weighted by molar-refractivity contribution is 5.70. The summed E-state index contributed by atoms with van der Waals surface area (Å²) in [5.41, 5.74) is 6.27. The number of allylic oxidation sites excluding steroid dienone is 2. The van der Waals surface area contributed by atoms with Crippen molar-refractivity contribution in [2.24, 2.45) is 5.92 Å². The van der Waals surface area contributed by atoms with Crippen LogP contribution in [0.5, 0.6) is 0 Å². The molecule has 0 amide bonds. The molecule has 5 nitrogen and oxygen atoms in total. The first-order valence-electron chi connectivity index (χ1n) is 16.4. The highest BCUT2D eigenvalue weighted by atomic mass is 16.6. The van der Waals surface area contributed by atoms with Gasteiger partial charge in [-0.1, -0.05) is 154 Å². The van der Waals surface area contributed by atoms with E-state index < -0.39 is 11.7 Å². The molecule has 0 saturated heterocycles. The lowest BCUT2D eigenvalue weighted by molar-refractivity contribution is -0.177. The van der Waals surface area contributed by atoms with Gasteiger partial charge in [-0.3, -0.25) is 0 Å². The average Bonchev–Trinajstić information content (AvgIpc) is 3.12. The average molecular weight is 608 g/mol. The normalized spacial score (nSPS) is 17.4. The summed E-state index contributed by atoms with van der Waals surface area (Å²) >= 11 is 0. The molecule has 0 aliphatic heterocycles. The predicted octanol–water partition coefficient (Wildman–Crippen LogP) is 9.67. The summed E-state index contributed by atoms with van der Waals surface area (Å²) in [6.07, 6.45) is 11.6. The monoisotopic (exact) mass is 607 g/mol. The molecule has 5 aromatic rings. The van der Waals surface area contributed by atoms with Gasteiger partial charge in [0.2, 0.25) is 0 Å². The topological polar surface area (TPSA) is 68.1 Å². The second-order valence-electron chi connectivity index (χ2n) is 11.9. The second-order valence-corrected chi connectivity index (χ2v) is 11.9. The first kappa shape index (κ1) is 31.3. The van der Waals surface area contributed by atoms with E-state index >= 15 is 0 Å². The minimum absolute atomic E-state index is 0.453. The van der Waals surface area contributed by atoms with E-state index in [2.05, 4.69) is 62.4 Å². The third-order valence-electron chi connectivity index (χ3n) is 8.87. The molecule has 4 aromatic carbocycles. The van der Waals surface area contributed by atoms with E-state index in [1.165, 1.54) is 0 Å². The lowest BCUT2D eigenvalue weighted by atomic mass is 9.92. The Labute approximate surface area is 272 Å². The first-order valence-corrected chi connectivity index (χ1v) is 16.4. The molecular weight excluding hydrogens is 566 g/mol. The zero-order valence-corrected chi connectivity index (χ0v) is 26.6. The van der Waals surface area contributed by atoms with Gasteiger partial charge in [0.25, 0.3) is 0 Å². The molecule has 1 aromatic heterocycles. The Bertz CT molecular complexity index is 1660. The van der Waals surface area contributed by atoms with Crippen molar-refractivity contribution in [1.29, 1.82) is 0 Å². The van der Waals surface area contributed by atoms with Crippen molar-refractivity contribution in [3.8, 4) is 45.0 Å². The first-order chi connectivity index (χ1) is 22.6. The lowest BCUT2D eigenvalue weighted by Gasteiger charge is -2.33. The molecule has 0 saturated carbocycles. The molecule has 0 spiro atoms. The summed E-state index contributed by atoms with van der Waals surface area (Å²) in [5.74, 6) is 0.0655. The Morgan fingerprint density at radius 3 is 1.61 bits per heavy atom. The van der Waals surface area contributed by atoms with Gasteiger partial charge >= 0.3 is 0 Å². The Kier molecular flexibility index (Phi) is 9.92. The molecule has 0 radical (unpaired) electrons. The SMILES string of the molecule is CCC(CC)CCCOC1(O)C=CC=CC1c1nc(-c2ccc(-c3ccccc3)cc2)nc(-c2ccc(-c3ccccc3)cc2)n1. The summed E-state index contributed by atoms with van der Waals surface area (Å²) in [7, 11) is 0. The van der Waals surface area contributed by atoms with Gasteiger partial charge in [0.1, 0.15) is 5.82 Å². The van der Waals surface area contributed by atoms with Crippen LogP contribution in [0.25, 0.3) is 45.0 Å². The van der Waals surface area contributed by atoms with E-state index in [1.807, 2.05) is 78.9 Å². The molecule has 232 valence electrons. The quantitative estimate of drug-likeness (QED) is 0.113. The number of nitrogens with zero attached hydrogens (tertiary/aromatic N) is 3. The largest absolute Gasteiger partial charge is 0.361 e. The Balaban J connectivity index is 1.35. The third kappa shape index (κ3) is 7.23. The molecule has 0 bridgehead atoms. The molecule has 2 unspecified atom stereocenters.